The standard InChI is InChI=1S/C15H34N2/c1-6-7-8-9-10-11-12-13-14-15(16(2)3)17(4)5/h15H,6-14H2,1-5H3. The molecule has 0 spiro atoms. The van der Waals surface area contributed by atoms with Crippen LogP contribution in [0, 0.1) is 0 Å². The molecule has 0 fully saturated rings. The van der Waals surface area contributed by atoms with Gasteiger partial charge in [-0.25, -0.2) is 0 Å². The maximum atomic E-state index is 2.32. The quantitative estimate of drug-likeness (QED) is 0.399. The van der Waals surface area contributed by atoms with Crippen molar-refractivity contribution in [2.24, 2.45) is 0 Å². The molecule has 0 aliphatic carbocycles. The normalized spacial score (nSPS) is 12.0. The van der Waals surface area contributed by atoms with E-state index in [2.05, 4.69) is 44.9 Å². The third-order valence-electron chi connectivity index (χ3n) is 3.51. The lowest BCUT2D eigenvalue weighted by atomic mass is 10.1. The molecule has 0 aromatic carbocycles. The predicted octanol–water partition coefficient (Wildman–Crippen LogP) is 3.97. The first-order valence-corrected chi connectivity index (χ1v) is 7.42. The van der Waals surface area contributed by atoms with Gasteiger partial charge in [0.2, 0.25) is 0 Å². The van der Waals surface area contributed by atoms with Gasteiger partial charge in [0.1, 0.15) is 0 Å². The van der Waals surface area contributed by atoms with Gasteiger partial charge in [0.05, 0.1) is 6.17 Å². The Morgan fingerprint density at radius 1 is 0.647 bits per heavy atom. The lowest BCUT2D eigenvalue weighted by Crippen LogP contribution is -2.40. The van der Waals surface area contributed by atoms with E-state index in [4.69, 9.17) is 0 Å². The molecule has 0 bridgehead atoms. The Labute approximate surface area is 109 Å². The van der Waals surface area contributed by atoms with E-state index in [1.807, 2.05) is 0 Å². The zero-order valence-electron chi connectivity index (χ0n) is 12.8. The van der Waals surface area contributed by atoms with E-state index in [9.17, 15) is 0 Å². The van der Waals surface area contributed by atoms with Crippen LogP contribution in [0.3, 0.4) is 0 Å². The van der Waals surface area contributed by atoms with Crippen LogP contribution in [0.2, 0.25) is 0 Å². The molecule has 0 unspecified atom stereocenters. The highest BCUT2D eigenvalue weighted by atomic mass is 15.3. The molecule has 0 saturated carbocycles. The lowest BCUT2D eigenvalue weighted by Gasteiger charge is -2.30. The Morgan fingerprint density at radius 2 is 1.06 bits per heavy atom. The molecule has 17 heavy (non-hydrogen) atoms. The molecule has 104 valence electrons. The molecule has 2 nitrogen and oxygen atoms in total. The highest BCUT2D eigenvalue weighted by Crippen LogP contribution is 2.12. The van der Waals surface area contributed by atoms with E-state index < -0.39 is 0 Å². The van der Waals surface area contributed by atoms with Crippen molar-refractivity contribution in [3.63, 3.8) is 0 Å². The Balaban J connectivity index is 3.37. The molecule has 2 heteroatoms. The summed E-state index contributed by atoms with van der Waals surface area (Å²) in [5.74, 6) is 0. The Kier molecular flexibility index (Phi) is 11.0. The van der Waals surface area contributed by atoms with Crippen molar-refractivity contribution in [1.29, 1.82) is 0 Å². The van der Waals surface area contributed by atoms with Crippen LogP contribution in [0.4, 0.5) is 0 Å². The summed E-state index contributed by atoms with van der Waals surface area (Å²) in [6.07, 6.45) is 13.2. The van der Waals surface area contributed by atoms with E-state index in [1.54, 1.807) is 0 Å². The number of hydrogen-bond acceptors (Lipinski definition) is 2. The SMILES string of the molecule is CCCCCCCCCCC(N(C)C)N(C)C. The lowest BCUT2D eigenvalue weighted by molar-refractivity contribution is 0.117. The van der Waals surface area contributed by atoms with Gasteiger partial charge in [0, 0.05) is 0 Å². The Morgan fingerprint density at radius 3 is 1.47 bits per heavy atom. The van der Waals surface area contributed by atoms with Crippen molar-refractivity contribution >= 4 is 0 Å². The van der Waals surface area contributed by atoms with Crippen LogP contribution >= 0.6 is 0 Å². The summed E-state index contributed by atoms with van der Waals surface area (Å²) >= 11 is 0. The highest BCUT2D eigenvalue weighted by molar-refractivity contribution is 4.63. The second-order valence-corrected chi connectivity index (χ2v) is 5.67. The maximum Gasteiger partial charge on any atom is 0.0612 e. The molecule has 0 N–H and O–H groups in total. The first kappa shape index (κ1) is 16.9. The molecule has 0 aliphatic heterocycles. The summed E-state index contributed by atoms with van der Waals surface area (Å²) in [6.45, 7) is 2.28. The third-order valence-corrected chi connectivity index (χ3v) is 3.51. The Bertz CT molecular complexity index is 147. The van der Waals surface area contributed by atoms with Crippen LogP contribution in [-0.2, 0) is 0 Å². The summed E-state index contributed by atoms with van der Waals surface area (Å²) in [5.41, 5.74) is 0. The van der Waals surface area contributed by atoms with Crippen LogP contribution in [-0.4, -0.2) is 44.2 Å². The van der Waals surface area contributed by atoms with E-state index >= 15 is 0 Å². The smallest absolute Gasteiger partial charge is 0.0612 e. The highest BCUT2D eigenvalue weighted by Gasteiger charge is 2.12. The summed E-state index contributed by atoms with van der Waals surface area (Å²) < 4.78 is 0. The van der Waals surface area contributed by atoms with Crippen molar-refractivity contribution in [3.05, 3.63) is 0 Å². The zero-order valence-corrected chi connectivity index (χ0v) is 12.8. The second-order valence-electron chi connectivity index (χ2n) is 5.67. The van der Waals surface area contributed by atoms with Gasteiger partial charge in [0.15, 0.2) is 0 Å². The fourth-order valence-electron chi connectivity index (χ4n) is 2.44. The minimum Gasteiger partial charge on any atom is -0.294 e. The zero-order chi connectivity index (χ0) is 13.1. The fraction of sp³-hybridized carbons (Fsp3) is 1.00. The van der Waals surface area contributed by atoms with Gasteiger partial charge < -0.3 is 0 Å². The van der Waals surface area contributed by atoms with E-state index in [1.165, 1.54) is 57.8 Å². The van der Waals surface area contributed by atoms with Gasteiger partial charge in [-0.1, -0.05) is 58.3 Å². The first-order chi connectivity index (χ1) is 8.09. The second kappa shape index (κ2) is 11.0. The molecule has 0 heterocycles. The molecule has 0 radical (unpaired) electrons. The molecule has 0 amide bonds. The van der Waals surface area contributed by atoms with Crippen molar-refractivity contribution in [2.75, 3.05) is 28.2 Å². The summed E-state index contributed by atoms with van der Waals surface area (Å²) in [4.78, 5) is 4.64. The average Bonchev–Trinajstić information content (AvgIpc) is 2.26. The van der Waals surface area contributed by atoms with Crippen LogP contribution < -0.4 is 0 Å². The van der Waals surface area contributed by atoms with Crippen LogP contribution in [0.15, 0.2) is 0 Å². The molecular formula is C15H34N2. The minimum atomic E-state index is 0.607. The van der Waals surface area contributed by atoms with Crippen LogP contribution in [0.25, 0.3) is 0 Å². The average molecular weight is 242 g/mol. The van der Waals surface area contributed by atoms with Crippen molar-refractivity contribution in [3.8, 4) is 0 Å². The molecule has 0 atom stereocenters. The molecule has 0 aromatic heterocycles. The van der Waals surface area contributed by atoms with Gasteiger partial charge in [-0.3, -0.25) is 9.80 Å². The Hall–Kier alpha value is -0.0800. The van der Waals surface area contributed by atoms with Crippen molar-refractivity contribution in [2.45, 2.75) is 70.9 Å². The largest absolute Gasteiger partial charge is 0.294 e. The summed E-state index contributed by atoms with van der Waals surface area (Å²) in [5, 5.41) is 0. The summed E-state index contributed by atoms with van der Waals surface area (Å²) in [7, 11) is 8.70. The molecule has 0 rings (SSSR count). The molecule has 0 aliphatic rings. The van der Waals surface area contributed by atoms with Gasteiger partial charge in [-0.15, -0.1) is 0 Å². The number of unbranched alkanes of at least 4 members (excludes halogenated alkanes) is 7. The van der Waals surface area contributed by atoms with Gasteiger partial charge in [0.25, 0.3) is 0 Å². The van der Waals surface area contributed by atoms with E-state index in [0.29, 0.717) is 6.17 Å². The summed E-state index contributed by atoms with van der Waals surface area (Å²) in [6, 6.07) is 0. The molecule has 0 aromatic rings. The van der Waals surface area contributed by atoms with Crippen LogP contribution in [0.5, 0.6) is 0 Å². The maximum absolute atomic E-state index is 2.32. The fourth-order valence-corrected chi connectivity index (χ4v) is 2.44. The van der Waals surface area contributed by atoms with E-state index in [0.717, 1.165) is 0 Å². The topological polar surface area (TPSA) is 6.48 Å². The van der Waals surface area contributed by atoms with Gasteiger partial charge in [-0.05, 0) is 34.6 Å². The van der Waals surface area contributed by atoms with Crippen molar-refractivity contribution < 1.29 is 0 Å². The van der Waals surface area contributed by atoms with Crippen molar-refractivity contribution in [1.82, 2.24) is 9.80 Å². The third kappa shape index (κ3) is 9.61. The number of rotatable bonds is 11. The number of nitrogens with zero attached hydrogens (tertiary/aromatic N) is 2. The minimum absolute atomic E-state index is 0.607. The number of hydrogen-bond donors (Lipinski definition) is 0. The monoisotopic (exact) mass is 242 g/mol. The molecule has 0 saturated heterocycles. The van der Waals surface area contributed by atoms with E-state index in [-0.39, 0.29) is 0 Å². The molecular weight excluding hydrogens is 208 g/mol. The van der Waals surface area contributed by atoms with Gasteiger partial charge >= 0.3 is 0 Å². The van der Waals surface area contributed by atoms with Crippen LogP contribution in [0.1, 0.15) is 64.7 Å². The first-order valence-electron chi connectivity index (χ1n) is 7.42. The predicted molar refractivity (Wildman–Crippen MR) is 78.4 cm³/mol. The van der Waals surface area contributed by atoms with Gasteiger partial charge in [-0.2, -0.15) is 0 Å².